The highest BCUT2D eigenvalue weighted by Gasteiger charge is 2.28. The molecule has 0 saturated heterocycles. The Morgan fingerprint density at radius 2 is 1.82 bits per heavy atom. The van der Waals surface area contributed by atoms with Crippen molar-refractivity contribution in [2.45, 2.75) is 45.8 Å². The Labute approximate surface area is 104 Å². The van der Waals surface area contributed by atoms with E-state index >= 15 is 0 Å². The molecule has 0 aliphatic carbocycles. The second kappa shape index (κ2) is 6.19. The third kappa shape index (κ3) is 5.35. The van der Waals surface area contributed by atoms with Crippen LogP contribution in [-0.4, -0.2) is 31.4 Å². The molecule has 1 amide bonds. The number of rotatable bonds is 5. The molecule has 0 rings (SSSR count). The van der Waals surface area contributed by atoms with Gasteiger partial charge in [0.15, 0.2) is 9.84 Å². The van der Waals surface area contributed by atoms with Crippen molar-refractivity contribution in [3.63, 3.8) is 0 Å². The topological polar surface area (TPSA) is 63.2 Å². The second-order valence-electron chi connectivity index (χ2n) is 4.98. The van der Waals surface area contributed by atoms with Crippen molar-refractivity contribution in [3.05, 3.63) is 11.6 Å². The monoisotopic (exact) mass is 261 g/mol. The van der Waals surface area contributed by atoms with E-state index in [1.54, 1.807) is 27.7 Å². The average molecular weight is 261 g/mol. The molecule has 5 heteroatoms. The van der Waals surface area contributed by atoms with Crippen molar-refractivity contribution < 1.29 is 13.2 Å². The fraction of sp³-hybridized carbons (Fsp3) is 0.750. The fourth-order valence-corrected chi connectivity index (χ4v) is 2.13. The van der Waals surface area contributed by atoms with Crippen molar-refractivity contribution in [3.8, 4) is 0 Å². The summed E-state index contributed by atoms with van der Waals surface area (Å²) in [5.74, 6) is -0.224. The van der Waals surface area contributed by atoms with Crippen LogP contribution in [0.3, 0.4) is 0 Å². The van der Waals surface area contributed by atoms with Crippen LogP contribution >= 0.6 is 0 Å². The zero-order chi connectivity index (χ0) is 13.7. The smallest absolute Gasteiger partial charge is 0.246 e. The molecule has 0 aromatic carbocycles. The van der Waals surface area contributed by atoms with Gasteiger partial charge in [0, 0.05) is 12.1 Å². The van der Waals surface area contributed by atoms with Gasteiger partial charge in [-0.3, -0.25) is 4.79 Å². The van der Waals surface area contributed by atoms with E-state index in [2.05, 4.69) is 5.32 Å². The normalized spacial score (nSPS) is 13.6. The van der Waals surface area contributed by atoms with Crippen LogP contribution in [0, 0.1) is 0 Å². The summed E-state index contributed by atoms with van der Waals surface area (Å²) in [4.78, 5) is 11.5. The first-order chi connectivity index (χ1) is 7.62. The maximum absolute atomic E-state index is 11.8. The molecule has 0 radical (unpaired) electrons. The molecule has 0 fully saturated rings. The van der Waals surface area contributed by atoms with Crippen LogP contribution in [0.5, 0.6) is 0 Å². The maximum atomic E-state index is 11.8. The standard InChI is InChI=1S/C12H23NO3S/c1-6-7-10(2)11(14)13-8-9-17(15,16)12(3,4)5/h7H,6,8-9H2,1-5H3,(H,13,14)/b10-7+. The molecule has 0 heterocycles. The summed E-state index contributed by atoms with van der Waals surface area (Å²) in [6, 6.07) is 0. The van der Waals surface area contributed by atoms with Gasteiger partial charge < -0.3 is 5.32 Å². The Kier molecular flexibility index (Phi) is 5.88. The third-order valence-electron chi connectivity index (χ3n) is 2.46. The minimum absolute atomic E-state index is 0.0261. The summed E-state index contributed by atoms with van der Waals surface area (Å²) in [6.07, 6.45) is 2.60. The largest absolute Gasteiger partial charge is 0.351 e. The quantitative estimate of drug-likeness (QED) is 0.766. The molecule has 100 valence electrons. The van der Waals surface area contributed by atoms with Crippen LogP contribution in [0.1, 0.15) is 41.0 Å². The third-order valence-corrected chi connectivity index (χ3v) is 5.07. The van der Waals surface area contributed by atoms with Gasteiger partial charge in [-0.15, -0.1) is 0 Å². The van der Waals surface area contributed by atoms with Gasteiger partial charge in [-0.2, -0.15) is 0 Å². The summed E-state index contributed by atoms with van der Waals surface area (Å²) >= 11 is 0. The van der Waals surface area contributed by atoms with Crippen LogP contribution < -0.4 is 5.32 Å². The van der Waals surface area contributed by atoms with Gasteiger partial charge in [-0.1, -0.05) is 13.0 Å². The van der Waals surface area contributed by atoms with Gasteiger partial charge in [0.05, 0.1) is 10.5 Å². The number of allylic oxidation sites excluding steroid dienone is 1. The van der Waals surface area contributed by atoms with Crippen molar-refractivity contribution in [2.24, 2.45) is 0 Å². The fourth-order valence-electron chi connectivity index (χ4n) is 1.14. The van der Waals surface area contributed by atoms with Gasteiger partial charge in [0.25, 0.3) is 0 Å². The number of hydrogen-bond donors (Lipinski definition) is 1. The molecule has 0 bridgehead atoms. The molecular formula is C12H23NO3S. The van der Waals surface area contributed by atoms with Gasteiger partial charge in [-0.25, -0.2) is 8.42 Å². The van der Waals surface area contributed by atoms with E-state index < -0.39 is 14.6 Å². The number of carbonyl (C=O) groups excluding carboxylic acids is 1. The predicted molar refractivity (Wildman–Crippen MR) is 70.6 cm³/mol. The van der Waals surface area contributed by atoms with Crippen LogP contribution in [0.4, 0.5) is 0 Å². The minimum atomic E-state index is -3.17. The van der Waals surface area contributed by atoms with Crippen molar-refractivity contribution >= 4 is 15.7 Å². The Balaban J connectivity index is 4.28. The van der Waals surface area contributed by atoms with Crippen molar-refractivity contribution in [1.29, 1.82) is 0 Å². The molecule has 0 aromatic heterocycles. The Morgan fingerprint density at radius 1 is 1.29 bits per heavy atom. The number of sulfone groups is 1. The van der Waals surface area contributed by atoms with E-state index in [0.717, 1.165) is 6.42 Å². The first-order valence-electron chi connectivity index (χ1n) is 5.79. The van der Waals surface area contributed by atoms with E-state index in [0.29, 0.717) is 5.57 Å². The van der Waals surface area contributed by atoms with Crippen LogP contribution in [0.25, 0.3) is 0 Å². The Hall–Kier alpha value is -0.840. The minimum Gasteiger partial charge on any atom is -0.351 e. The first-order valence-corrected chi connectivity index (χ1v) is 7.44. The van der Waals surface area contributed by atoms with E-state index in [9.17, 15) is 13.2 Å². The maximum Gasteiger partial charge on any atom is 0.246 e. The molecule has 17 heavy (non-hydrogen) atoms. The first kappa shape index (κ1) is 16.2. The van der Waals surface area contributed by atoms with Gasteiger partial charge >= 0.3 is 0 Å². The predicted octanol–water partition coefficient (Wildman–Crippen LogP) is 1.67. The number of hydrogen-bond acceptors (Lipinski definition) is 3. The van der Waals surface area contributed by atoms with Crippen molar-refractivity contribution in [2.75, 3.05) is 12.3 Å². The lowest BCUT2D eigenvalue weighted by Crippen LogP contribution is -2.36. The Bertz CT molecular complexity index is 388. The van der Waals surface area contributed by atoms with Crippen LogP contribution in [0.2, 0.25) is 0 Å². The summed E-state index contributed by atoms with van der Waals surface area (Å²) in [5, 5.41) is 2.61. The molecule has 0 unspecified atom stereocenters. The average Bonchev–Trinajstić information content (AvgIpc) is 2.15. The molecule has 0 aliphatic rings. The lowest BCUT2D eigenvalue weighted by Gasteiger charge is -2.19. The van der Waals surface area contributed by atoms with E-state index in [1.807, 2.05) is 13.0 Å². The van der Waals surface area contributed by atoms with Crippen LogP contribution in [-0.2, 0) is 14.6 Å². The van der Waals surface area contributed by atoms with E-state index in [1.165, 1.54) is 0 Å². The molecule has 0 saturated carbocycles. The SMILES string of the molecule is CC/C=C(\C)C(=O)NCCS(=O)(=O)C(C)(C)C. The van der Waals surface area contributed by atoms with E-state index in [4.69, 9.17) is 0 Å². The number of amides is 1. The lowest BCUT2D eigenvalue weighted by atomic mass is 10.2. The highest BCUT2D eigenvalue weighted by molar-refractivity contribution is 7.92. The summed E-state index contributed by atoms with van der Waals surface area (Å²) in [5.41, 5.74) is 0.626. The number of carbonyl (C=O) groups is 1. The number of nitrogens with one attached hydrogen (secondary N) is 1. The van der Waals surface area contributed by atoms with Gasteiger partial charge in [0.1, 0.15) is 0 Å². The summed E-state index contributed by atoms with van der Waals surface area (Å²) in [7, 11) is -3.17. The van der Waals surface area contributed by atoms with Crippen molar-refractivity contribution in [1.82, 2.24) is 5.32 Å². The molecule has 1 N–H and O–H groups in total. The molecule has 0 aliphatic heterocycles. The lowest BCUT2D eigenvalue weighted by molar-refractivity contribution is -0.117. The zero-order valence-corrected chi connectivity index (χ0v) is 12.1. The van der Waals surface area contributed by atoms with E-state index in [-0.39, 0.29) is 18.2 Å². The highest BCUT2D eigenvalue weighted by atomic mass is 32.2. The molecular weight excluding hydrogens is 238 g/mol. The molecule has 0 aromatic rings. The Morgan fingerprint density at radius 3 is 2.24 bits per heavy atom. The molecule has 4 nitrogen and oxygen atoms in total. The highest BCUT2D eigenvalue weighted by Crippen LogP contribution is 2.15. The molecule has 0 spiro atoms. The molecule has 0 atom stereocenters. The second-order valence-corrected chi connectivity index (χ2v) is 7.85. The van der Waals surface area contributed by atoms with Gasteiger partial charge in [0.2, 0.25) is 5.91 Å². The van der Waals surface area contributed by atoms with Gasteiger partial charge in [-0.05, 0) is 34.1 Å². The summed E-state index contributed by atoms with van der Waals surface area (Å²) in [6.45, 7) is 8.80. The zero-order valence-electron chi connectivity index (χ0n) is 11.3. The summed E-state index contributed by atoms with van der Waals surface area (Å²) < 4.78 is 22.8. The van der Waals surface area contributed by atoms with Crippen LogP contribution in [0.15, 0.2) is 11.6 Å².